The summed E-state index contributed by atoms with van der Waals surface area (Å²) in [5, 5.41) is -0.549. The Morgan fingerprint density at radius 2 is 1.86 bits per heavy atom. The first kappa shape index (κ1) is 11.5. The average Bonchev–Trinajstić information content (AvgIpc) is 2.15. The molecule has 0 radical (unpaired) electrons. The van der Waals surface area contributed by atoms with Crippen molar-refractivity contribution in [3.8, 4) is 0 Å². The number of carbonyl (C=O) groups is 2. The Morgan fingerprint density at radius 3 is 2.29 bits per heavy atom. The fraction of sp³-hybridized carbons (Fsp3) is 0.800. The zero-order chi connectivity index (χ0) is 10.6. The smallest absolute Gasteiger partial charge is 0.303 e. The molecule has 0 bridgehead atoms. The van der Waals surface area contributed by atoms with Gasteiger partial charge in [0.15, 0.2) is 6.10 Å². The zero-order valence-corrected chi connectivity index (χ0v) is 9.05. The van der Waals surface area contributed by atoms with Crippen molar-refractivity contribution in [2.75, 3.05) is 0 Å². The summed E-state index contributed by atoms with van der Waals surface area (Å²) in [6.45, 7) is 1.30. The number of hydrogen-bond donors (Lipinski definition) is 0. The summed E-state index contributed by atoms with van der Waals surface area (Å²) >= 11 is 5.41. The van der Waals surface area contributed by atoms with E-state index in [4.69, 9.17) is 16.3 Å². The van der Waals surface area contributed by atoms with Gasteiger partial charge in [0, 0.05) is 12.8 Å². The fourth-order valence-corrected chi connectivity index (χ4v) is 2.17. The summed E-state index contributed by atoms with van der Waals surface area (Å²) in [6, 6.07) is 0. The van der Waals surface area contributed by atoms with Gasteiger partial charge in [-0.05, 0) is 24.4 Å². The van der Waals surface area contributed by atoms with Gasteiger partial charge in [0.25, 0.3) is 5.24 Å². The molecular weight excluding hydrogens is 204 g/mol. The molecule has 0 aromatic carbocycles. The molecule has 0 N–H and O–H groups in total. The largest absolute Gasteiger partial charge is 0.453 e. The summed E-state index contributed by atoms with van der Waals surface area (Å²) in [7, 11) is 0. The van der Waals surface area contributed by atoms with E-state index in [9.17, 15) is 9.59 Å². The van der Waals surface area contributed by atoms with E-state index < -0.39 is 17.3 Å². The molecule has 1 aliphatic rings. The van der Waals surface area contributed by atoms with Gasteiger partial charge in [0.05, 0.1) is 0 Å². The van der Waals surface area contributed by atoms with Gasteiger partial charge in [-0.25, -0.2) is 0 Å². The van der Waals surface area contributed by atoms with Crippen molar-refractivity contribution in [1.29, 1.82) is 0 Å². The first-order valence-corrected chi connectivity index (χ1v) is 5.35. The lowest BCUT2D eigenvalue weighted by atomic mass is 9.85. The summed E-state index contributed by atoms with van der Waals surface area (Å²) in [4.78, 5) is 21.8. The van der Waals surface area contributed by atoms with Crippen LogP contribution in [0.1, 0.15) is 39.0 Å². The minimum Gasteiger partial charge on any atom is -0.453 e. The minimum absolute atomic E-state index is 0.123. The van der Waals surface area contributed by atoms with Crippen LogP contribution in [-0.4, -0.2) is 17.3 Å². The number of esters is 1. The highest BCUT2D eigenvalue weighted by Crippen LogP contribution is 2.29. The summed E-state index contributed by atoms with van der Waals surface area (Å²) in [5.74, 6) is -0.313. The van der Waals surface area contributed by atoms with Crippen molar-refractivity contribution < 1.29 is 14.3 Å². The van der Waals surface area contributed by atoms with Crippen molar-refractivity contribution in [2.24, 2.45) is 5.92 Å². The lowest BCUT2D eigenvalue weighted by Gasteiger charge is -2.26. The van der Waals surface area contributed by atoms with E-state index in [0.29, 0.717) is 0 Å². The monoisotopic (exact) mass is 218 g/mol. The second-order valence-corrected chi connectivity index (χ2v) is 4.10. The van der Waals surface area contributed by atoms with Crippen LogP contribution in [0.25, 0.3) is 0 Å². The predicted octanol–water partition coefficient (Wildman–Crippen LogP) is 2.26. The third-order valence-corrected chi connectivity index (χ3v) is 2.81. The van der Waals surface area contributed by atoms with Gasteiger partial charge in [-0.3, -0.25) is 9.59 Å². The van der Waals surface area contributed by atoms with Gasteiger partial charge in [0.1, 0.15) is 0 Å². The van der Waals surface area contributed by atoms with E-state index in [1.54, 1.807) is 0 Å². The minimum atomic E-state index is -0.727. The van der Waals surface area contributed by atoms with Gasteiger partial charge < -0.3 is 4.74 Å². The van der Waals surface area contributed by atoms with Crippen molar-refractivity contribution in [2.45, 2.75) is 45.1 Å². The van der Waals surface area contributed by atoms with E-state index in [1.165, 1.54) is 13.3 Å². The maximum atomic E-state index is 11.1. The van der Waals surface area contributed by atoms with E-state index in [2.05, 4.69) is 0 Å². The lowest BCUT2D eigenvalue weighted by molar-refractivity contribution is -0.154. The van der Waals surface area contributed by atoms with Crippen LogP contribution in [0.2, 0.25) is 0 Å². The Balaban J connectivity index is 2.56. The van der Waals surface area contributed by atoms with Crippen molar-refractivity contribution in [3.63, 3.8) is 0 Å². The molecule has 1 fully saturated rings. The molecule has 0 aliphatic heterocycles. The number of rotatable bonds is 3. The van der Waals surface area contributed by atoms with E-state index in [0.717, 1.165) is 25.7 Å². The first-order chi connectivity index (χ1) is 6.61. The molecule has 0 heterocycles. The molecule has 4 heteroatoms. The molecule has 14 heavy (non-hydrogen) atoms. The van der Waals surface area contributed by atoms with Crippen LogP contribution in [0.5, 0.6) is 0 Å². The Kier molecular flexibility index (Phi) is 4.39. The number of ether oxygens (including phenoxy) is 1. The van der Waals surface area contributed by atoms with Gasteiger partial charge in [-0.2, -0.15) is 0 Å². The molecule has 1 saturated carbocycles. The quantitative estimate of drug-likeness (QED) is 0.539. The molecule has 0 amide bonds. The zero-order valence-electron chi connectivity index (χ0n) is 8.29. The fourth-order valence-electron chi connectivity index (χ4n) is 1.94. The van der Waals surface area contributed by atoms with E-state index in [1.807, 2.05) is 0 Å². The standard InChI is InChI=1S/C10H15ClO3/c1-7(12)14-9(10(11)13)8-5-3-2-4-6-8/h8-9H,2-6H2,1H3. The van der Waals surface area contributed by atoms with Crippen LogP contribution in [0.3, 0.4) is 0 Å². The van der Waals surface area contributed by atoms with Crippen LogP contribution in [0.4, 0.5) is 0 Å². The lowest BCUT2D eigenvalue weighted by Crippen LogP contribution is -2.32. The number of halogens is 1. The first-order valence-electron chi connectivity index (χ1n) is 4.98. The third kappa shape index (κ3) is 3.29. The third-order valence-electron chi connectivity index (χ3n) is 2.59. The molecule has 3 nitrogen and oxygen atoms in total. The Morgan fingerprint density at radius 1 is 1.29 bits per heavy atom. The second-order valence-electron chi connectivity index (χ2n) is 3.73. The molecule has 0 spiro atoms. The topological polar surface area (TPSA) is 43.4 Å². The summed E-state index contributed by atoms with van der Waals surface area (Å²) < 4.78 is 4.93. The van der Waals surface area contributed by atoms with Gasteiger partial charge in [-0.15, -0.1) is 0 Å². The highest BCUT2D eigenvalue weighted by Gasteiger charge is 2.30. The normalized spacial score (nSPS) is 20.1. The maximum absolute atomic E-state index is 11.1. The molecule has 1 aliphatic carbocycles. The molecule has 1 atom stereocenters. The van der Waals surface area contributed by atoms with E-state index >= 15 is 0 Å². The predicted molar refractivity (Wildman–Crippen MR) is 53.0 cm³/mol. The molecular formula is C10H15ClO3. The van der Waals surface area contributed by atoms with Crippen molar-refractivity contribution >= 4 is 22.8 Å². The van der Waals surface area contributed by atoms with Gasteiger partial charge >= 0.3 is 5.97 Å². The molecule has 0 aromatic rings. The Hall–Kier alpha value is -0.570. The molecule has 1 rings (SSSR count). The highest BCUT2D eigenvalue weighted by atomic mass is 35.5. The summed E-state index contributed by atoms with van der Waals surface area (Å²) in [5.41, 5.74) is 0. The Bertz CT molecular complexity index is 221. The van der Waals surface area contributed by atoms with Crippen LogP contribution in [0, 0.1) is 5.92 Å². The van der Waals surface area contributed by atoms with Crippen LogP contribution >= 0.6 is 11.6 Å². The Labute approximate surface area is 88.8 Å². The number of hydrogen-bond acceptors (Lipinski definition) is 3. The molecule has 1 unspecified atom stereocenters. The van der Waals surface area contributed by atoms with Gasteiger partial charge in [0.2, 0.25) is 0 Å². The van der Waals surface area contributed by atoms with Crippen LogP contribution in [0.15, 0.2) is 0 Å². The average molecular weight is 219 g/mol. The van der Waals surface area contributed by atoms with Gasteiger partial charge in [-0.1, -0.05) is 19.3 Å². The molecule has 80 valence electrons. The summed E-state index contributed by atoms with van der Waals surface area (Å²) in [6.07, 6.45) is 4.50. The number of carbonyl (C=O) groups excluding carboxylic acids is 2. The van der Waals surface area contributed by atoms with Crippen molar-refractivity contribution in [3.05, 3.63) is 0 Å². The van der Waals surface area contributed by atoms with E-state index in [-0.39, 0.29) is 5.92 Å². The molecule has 0 saturated heterocycles. The van der Waals surface area contributed by atoms with Crippen LogP contribution in [-0.2, 0) is 14.3 Å². The van der Waals surface area contributed by atoms with Crippen LogP contribution < -0.4 is 0 Å². The molecule has 0 aromatic heterocycles. The SMILES string of the molecule is CC(=O)OC(C(=O)Cl)C1CCCCC1. The highest BCUT2D eigenvalue weighted by molar-refractivity contribution is 6.64. The van der Waals surface area contributed by atoms with Crippen molar-refractivity contribution in [1.82, 2.24) is 0 Å². The second kappa shape index (κ2) is 5.35. The maximum Gasteiger partial charge on any atom is 0.303 e.